The number of benzene rings is 2. The fourth-order valence-electron chi connectivity index (χ4n) is 3.91. The number of ether oxygens (including phenoxy) is 1. The molecule has 1 aliphatic heterocycles. The third kappa shape index (κ3) is 4.70. The maximum Gasteiger partial charge on any atom is 0.225 e. The van der Waals surface area contributed by atoms with Gasteiger partial charge in [0.2, 0.25) is 5.95 Å². The molecule has 5 rings (SSSR count). The fourth-order valence-corrected chi connectivity index (χ4v) is 3.91. The van der Waals surface area contributed by atoms with Crippen molar-refractivity contribution in [2.45, 2.75) is 19.8 Å². The molecule has 3 aromatic rings. The minimum absolute atomic E-state index is 0.396. The zero-order chi connectivity index (χ0) is 22.7. The number of aryl methyl sites for hydroxylation is 1. The van der Waals surface area contributed by atoms with Crippen molar-refractivity contribution in [2.24, 2.45) is 11.8 Å². The number of rotatable bonds is 4. The Balaban J connectivity index is 0.000000157. The number of hydrogen-bond donors (Lipinski definition) is 0. The van der Waals surface area contributed by atoms with Crippen molar-refractivity contribution in [3.05, 3.63) is 71.6 Å². The van der Waals surface area contributed by atoms with Crippen molar-refractivity contribution in [3.63, 3.8) is 0 Å². The molecule has 2 aliphatic rings. The highest BCUT2D eigenvalue weighted by molar-refractivity contribution is 5.65. The minimum atomic E-state index is -0.753. The topological polar surface area (TPSA) is 62.0 Å². The van der Waals surface area contributed by atoms with E-state index >= 15 is 0 Å². The van der Waals surface area contributed by atoms with Gasteiger partial charge in [0.05, 0.1) is 18.7 Å². The first-order valence-electron chi connectivity index (χ1n) is 10.6. The molecule has 1 saturated carbocycles. The number of fused-ring (bicyclic) bond motifs is 1. The maximum absolute atomic E-state index is 13.5. The number of nitriles is 1. The number of aromatic nitrogens is 2. The van der Waals surface area contributed by atoms with E-state index in [4.69, 9.17) is 5.26 Å². The van der Waals surface area contributed by atoms with Crippen LogP contribution in [0.15, 0.2) is 48.8 Å². The second-order valence-electron chi connectivity index (χ2n) is 8.07. The summed E-state index contributed by atoms with van der Waals surface area (Å²) >= 11 is 0. The summed E-state index contributed by atoms with van der Waals surface area (Å²) < 4.78 is 31.7. The van der Waals surface area contributed by atoms with Crippen LogP contribution in [0.2, 0.25) is 0 Å². The molecular weight excluding hydrogens is 410 g/mol. The molecule has 2 aromatic carbocycles. The highest BCUT2D eigenvalue weighted by atomic mass is 19.1. The Morgan fingerprint density at radius 1 is 1.03 bits per heavy atom. The highest BCUT2D eigenvalue weighted by Crippen LogP contribution is 2.45. The van der Waals surface area contributed by atoms with Gasteiger partial charge in [-0.2, -0.15) is 5.26 Å². The van der Waals surface area contributed by atoms with Crippen LogP contribution in [-0.4, -0.2) is 30.2 Å². The monoisotopic (exact) mass is 434 g/mol. The summed E-state index contributed by atoms with van der Waals surface area (Å²) in [7, 11) is 1.21. The molecule has 2 unspecified atom stereocenters. The Morgan fingerprint density at radius 2 is 1.62 bits per heavy atom. The molecule has 0 spiro atoms. The third-order valence-corrected chi connectivity index (χ3v) is 5.91. The van der Waals surface area contributed by atoms with Gasteiger partial charge in [-0.25, -0.2) is 18.7 Å². The van der Waals surface area contributed by atoms with Gasteiger partial charge in [-0.1, -0.05) is 19.1 Å². The van der Waals surface area contributed by atoms with Gasteiger partial charge in [-0.3, -0.25) is 0 Å². The van der Waals surface area contributed by atoms with Crippen LogP contribution < -0.4 is 9.64 Å². The van der Waals surface area contributed by atoms with Crippen LogP contribution >= 0.6 is 0 Å². The highest BCUT2D eigenvalue weighted by Gasteiger charge is 2.45. The number of nitrogens with zero attached hydrogens (tertiary/aromatic N) is 4. The molecule has 0 N–H and O–H groups in total. The predicted molar refractivity (Wildman–Crippen MR) is 118 cm³/mol. The molecule has 1 aliphatic carbocycles. The molecule has 164 valence electrons. The Bertz CT molecular complexity index is 1090. The Morgan fingerprint density at radius 3 is 2.12 bits per heavy atom. The SMILES string of the molecule is CCc1cnc(N2CC3CC3C2)nc1.COc1c(F)cc(-c2ccc(C#N)cc2)cc1F. The summed E-state index contributed by atoms with van der Waals surface area (Å²) in [6.07, 6.45) is 6.35. The van der Waals surface area contributed by atoms with E-state index in [0.717, 1.165) is 24.2 Å². The minimum Gasteiger partial charge on any atom is -0.491 e. The Kier molecular flexibility index (Phi) is 6.31. The number of anilines is 1. The smallest absolute Gasteiger partial charge is 0.225 e. The molecule has 0 amide bonds. The quantitative estimate of drug-likeness (QED) is 0.578. The van der Waals surface area contributed by atoms with Gasteiger partial charge in [-0.05, 0) is 65.6 Å². The van der Waals surface area contributed by atoms with E-state index in [2.05, 4.69) is 26.5 Å². The van der Waals surface area contributed by atoms with Gasteiger partial charge in [0.15, 0.2) is 17.4 Å². The lowest BCUT2D eigenvalue weighted by Crippen LogP contribution is -2.23. The zero-order valence-electron chi connectivity index (χ0n) is 18.1. The van der Waals surface area contributed by atoms with Crippen LogP contribution in [0.3, 0.4) is 0 Å². The van der Waals surface area contributed by atoms with Crippen LogP contribution in [0.1, 0.15) is 24.5 Å². The van der Waals surface area contributed by atoms with E-state index in [9.17, 15) is 8.78 Å². The number of halogens is 2. The van der Waals surface area contributed by atoms with E-state index in [1.54, 1.807) is 24.3 Å². The predicted octanol–water partition coefficient (Wildman–Crippen LogP) is 5.01. The van der Waals surface area contributed by atoms with Crippen molar-refractivity contribution < 1.29 is 13.5 Å². The molecule has 1 saturated heterocycles. The van der Waals surface area contributed by atoms with Crippen LogP contribution in [0.25, 0.3) is 11.1 Å². The molecule has 2 heterocycles. The fraction of sp³-hybridized carbons (Fsp3) is 0.320. The first-order valence-corrected chi connectivity index (χ1v) is 10.6. The van der Waals surface area contributed by atoms with Crippen molar-refractivity contribution in [3.8, 4) is 22.9 Å². The van der Waals surface area contributed by atoms with Crippen LogP contribution in [0.4, 0.5) is 14.7 Å². The molecule has 32 heavy (non-hydrogen) atoms. The van der Waals surface area contributed by atoms with E-state index in [1.807, 2.05) is 18.5 Å². The average Bonchev–Trinajstić information content (AvgIpc) is 3.44. The van der Waals surface area contributed by atoms with E-state index < -0.39 is 17.4 Å². The number of methoxy groups -OCH3 is 1. The van der Waals surface area contributed by atoms with Gasteiger partial charge >= 0.3 is 0 Å². The molecule has 0 bridgehead atoms. The van der Waals surface area contributed by atoms with Gasteiger partial charge in [0.25, 0.3) is 0 Å². The number of piperidine rings is 1. The summed E-state index contributed by atoms with van der Waals surface area (Å²) in [6.45, 7) is 4.48. The van der Waals surface area contributed by atoms with E-state index in [-0.39, 0.29) is 0 Å². The van der Waals surface area contributed by atoms with Gasteiger partial charge in [-0.15, -0.1) is 0 Å². The van der Waals surface area contributed by atoms with Crippen molar-refractivity contribution in [1.82, 2.24) is 9.97 Å². The van der Waals surface area contributed by atoms with E-state index in [0.29, 0.717) is 16.7 Å². The summed E-state index contributed by atoms with van der Waals surface area (Å²) in [5, 5.41) is 8.67. The molecule has 5 nitrogen and oxygen atoms in total. The molecule has 2 atom stereocenters. The average molecular weight is 434 g/mol. The lowest BCUT2D eigenvalue weighted by Gasteiger charge is -2.17. The zero-order valence-corrected chi connectivity index (χ0v) is 18.1. The van der Waals surface area contributed by atoms with E-state index in [1.165, 1.54) is 44.3 Å². The maximum atomic E-state index is 13.5. The Hall–Kier alpha value is -3.53. The van der Waals surface area contributed by atoms with Crippen LogP contribution in [-0.2, 0) is 6.42 Å². The summed E-state index contributed by atoms with van der Waals surface area (Å²) in [5.74, 6) is 0.921. The Labute approximate surface area is 186 Å². The van der Waals surface area contributed by atoms with Crippen molar-refractivity contribution in [2.75, 3.05) is 25.1 Å². The van der Waals surface area contributed by atoms with Crippen molar-refractivity contribution >= 4 is 5.95 Å². The molecule has 7 heteroatoms. The number of hydrogen-bond acceptors (Lipinski definition) is 5. The van der Waals surface area contributed by atoms with Gasteiger partial charge < -0.3 is 9.64 Å². The largest absolute Gasteiger partial charge is 0.491 e. The standard InChI is InChI=1S/C14H9F2NO.C11H15N3/c1-18-14-12(15)6-11(7-13(14)16)10-4-2-9(8-17)3-5-10;1-2-8-4-12-11(13-5-8)14-6-9-3-10(9)7-14/h2-7H,1H3;4-5,9-10H,2-3,6-7H2,1H3. The molecule has 0 radical (unpaired) electrons. The lowest BCUT2D eigenvalue weighted by molar-refractivity contribution is 0.360. The molecule has 2 fully saturated rings. The second kappa shape index (κ2) is 9.31. The second-order valence-corrected chi connectivity index (χ2v) is 8.07. The summed E-state index contributed by atoms with van der Waals surface area (Å²) in [6, 6.07) is 10.8. The molecular formula is C25H24F2N4O. The van der Waals surface area contributed by atoms with Gasteiger partial charge in [0, 0.05) is 25.5 Å². The van der Waals surface area contributed by atoms with Crippen molar-refractivity contribution in [1.29, 1.82) is 5.26 Å². The first kappa shape index (κ1) is 21.7. The summed E-state index contributed by atoms with van der Waals surface area (Å²) in [4.78, 5) is 11.1. The summed E-state index contributed by atoms with van der Waals surface area (Å²) in [5.41, 5.74) is 2.75. The lowest BCUT2D eigenvalue weighted by atomic mass is 10.0. The van der Waals surface area contributed by atoms with Crippen LogP contribution in [0.5, 0.6) is 5.75 Å². The third-order valence-electron chi connectivity index (χ3n) is 5.91. The molecule has 1 aromatic heterocycles. The first-order chi connectivity index (χ1) is 15.5. The van der Waals surface area contributed by atoms with Gasteiger partial charge in [0.1, 0.15) is 0 Å². The van der Waals surface area contributed by atoms with Crippen LogP contribution in [0, 0.1) is 34.8 Å². The normalized spacial score (nSPS) is 18.3.